The van der Waals surface area contributed by atoms with E-state index in [4.69, 9.17) is 4.74 Å². The number of hydrogen-bond donors (Lipinski definition) is 0. The van der Waals surface area contributed by atoms with E-state index in [0.29, 0.717) is 0 Å². The summed E-state index contributed by atoms with van der Waals surface area (Å²) in [5.74, 6) is 1.60. The van der Waals surface area contributed by atoms with Gasteiger partial charge in [0.2, 0.25) is 5.88 Å². The Labute approximate surface area is 112 Å². The van der Waals surface area contributed by atoms with Crippen molar-refractivity contribution in [1.82, 2.24) is 9.38 Å². The molecule has 1 aromatic carbocycles. The molecule has 0 aliphatic heterocycles. The van der Waals surface area contributed by atoms with Crippen molar-refractivity contribution >= 4 is 28.2 Å². The molecule has 0 aliphatic carbocycles. The lowest BCUT2D eigenvalue weighted by molar-refractivity contribution is 0.456. The highest BCUT2D eigenvalue weighted by Gasteiger charge is 2.02. The molecule has 0 fully saturated rings. The molecule has 17 heavy (non-hydrogen) atoms. The normalized spacial score (nSPS) is 10.6. The number of hydrogen-bond acceptors (Lipinski definition) is 2. The predicted molar refractivity (Wildman–Crippen MR) is 74.4 cm³/mol. The Balaban J connectivity index is 2.02. The summed E-state index contributed by atoms with van der Waals surface area (Å²) in [6.07, 6.45) is 3.65. The summed E-state index contributed by atoms with van der Waals surface area (Å²) in [5.41, 5.74) is 0.883. The van der Waals surface area contributed by atoms with E-state index in [0.717, 1.165) is 20.8 Å². The van der Waals surface area contributed by atoms with Crippen LogP contribution in [0.15, 0.2) is 54.9 Å². The molecule has 2 aromatic heterocycles. The number of nitrogens with zero attached hydrogens (tertiary/aromatic N) is 2. The zero-order chi connectivity index (χ0) is 11.7. The third-order valence-corrected chi connectivity index (χ3v) is 3.08. The number of benzene rings is 1. The van der Waals surface area contributed by atoms with E-state index in [1.165, 1.54) is 0 Å². The van der Waals surface area contributed by atoms with Crippen molar-refractivity contribution < 1.29 is 4.74 Å². The van der Waals surface area contributed by atoms with Gasteiger partial charge in [0.1, 0.15) is 11.4 Å². The molecular formula is C13H9IN2O. The highest BCUT2D eigenvalue weighted by molar-refractivity contribution is 14.1. The molecule has 0 bridgehead atoms. The SMILES string of the molecule is Ic1cccc(Oc2cccc3nccn23)c1. The molecule has 0 spiro atoms. The van der Waals surface area contributed by atoms with E-state index in [-0.39, 0.29) is 0 Å². The van der Waals surface area contributed by atoms with Gasteiger partial charge < -0.3 is 4.74 Å². The van der Waals surface area contributed by atoms with Crippen LogP contribution in [0.2, 0.25) is 0 Å². The Kier molecular flexibility index (Phi) is 2.72. The van der Waals surface area contributed by atoms with E-state index in [1.807, 2.05) is 53.1 Å². The van der Waals surface area contributed by atoms with E-state index in [9.17, 15) is 0 Å². The molecule has 3 nitrogen and oxygen atoms in total. The molecule has 0 amide bonds. The Bertz CT molecular complexity index is 663. The van der Waals surface area contributed by atoms with Gasteiger partial charge in [0.25, 0.3) is 0 Å². The average Bonchev–Trinajstić information content (AvgIpc) is 2.78. The van der Waals surface area contributed by atoms with Crippen LogP contribution in [0.1, 0.15) is 0 Å². The van der Waals surface area contributed by atoms with Crippen LogP contribution in [0.4, 0.5) is 0 Å². The predicted octanol–water partition coefficient (Wildman–Crippen LogP) is 3.73. The summed E-state index contributed by atoms with van der Waals surface area (Å²) in [7, 11) is 0. The Morgan fingerprint density at radius 2 is 2.00 bits per heavy atom. The maximum Gasteiger partial charge on any atom is 0.205 e. The van der Waals surface area contributed by atoms with E-state index >= 15 is 0 Å². The zero-order valence-corrected chi connectivity index (χ0v) is 11.0. The van der Waals surface area contributed by atoms with Crippen LogP contribution in [0.3, 0.4) is 0 Å². The number of fused-ring (bicyclic) bond motifs is 1. The molecule has 84 valence electrons. The topological polar surface area (TPSA) is 26.5 Å². The van der Waals surface area contributed by atoms with Gasteiger partial charge in [-0.15, -0.1) is 0 Å². The van der Waals surface area contributed by atoms with E-state index in [2.05, 4.69) is 27.6 Å². The van der Waals surface area contributed by atoms with Crippen molar-refractivity contribution in [3.05, 3.63) is 58.4 Å². The number of halogens is 1. The van der Waals surface area contributed by atoms with Gasteiger partial charge in [-0.2, -0.15) is 0 Å². The summed E-state index contributed by atoms with van der Waals surface area (Å²) >= 11 is 2.27. The van der Waals surface area contributed by atoms with Crippen LogP contribution >= 0.6 is 22.6 Å². The van der Waals surface area contributed by atoms with Crippen LogP contribution < -0.4 is 4.74 Å². The lowest BCUT2D eigenvalue weighted by atomic mass is 10.3. The third kappa shape index (κ3) is 2.12. The zero-order valence-electron chi connectivity index (χ0n) is 8.88. The molecule has 0 aliphatic rings. The first kappa shape index (κ1) is 10.6. The Morgan fingerprint density at radius 1 is 1.12 bits per heavy atom. The highest BCUT2D eigenvalue weighted by Crippen LogP contribution is 2.23. The second kappa shape index (κ2) is 4.37. The van der Waals surface area contributed by atoms with Gasteiger partial charge in [-0.25, -0.2) is 4.98 Å². The highest BCUT2D eigenvalue weighted by atomic mass is 127. The molecule has 2 heterocycles. The molecule has 0 N–H and O–H groups in total. The maximum atomic E-state index is 5.85. The van der Waals surface area contributed by atoms with Gasteiger partial charge in [0.05, 0.1) is 0 Å². The minimum absolute atomic E-state index is 0.766. The second-order valence-corrected chi connectivity index (χ2v) is 4.82. The van der Waals surface area contributed by atoms with Crippen molar-refractivity contribution in [2.24, 2.45) is 0 Å². The van der Waals surface area contributed by atoms with E-state index < -0.39 is 0 Å². The van der Waals surface area contributed by atoms with Gasteiger partial charge in [-0.3, -0.25) is 4.40 Å². The van der Waals surface area contributed by atoms with Gasteiger partial charge in [-0.05, 0) is 52.9 Å². The van der Waals surface area contributed by atoms with Crippen LogP contribution in [0, 0.1) is 3.57 Å². The Morgan fingerprint density at radius 3 is 2.88 bits per heavy atom. The lowest BCUT2D eigenvalue weighted by Gasteiger charge is -2.07. The fraction of sp³-hybridized carbons (Fsp3) is 0. The summed E-state index contributed by atoms with van der Waals surface area (Å²) in [6.45, 7) is 0. The molecule has 3 rings (SSSR count). The number of ether oxygens (including phenoxy) is 1. The number of imidazole rings is 1. The van der Waals surface area contributed by atoms with Crippen LogP contribution in [-0.2, 0) is 0 Å². The summed E-state index contributed by atoms with van der Waals surface area (Å²) in [5, 5.41) is 0. The minimum Gasteiger partial charge on any atom is -0.440 e. The minimum atomic E-state index is 0.766. The fourth-order valence-electron chi connectivity index (χ4n) is 1.66. The molecule has 0 atom stereocenters. The molecule has 4 heteroatoms. The largest absolute Gasteiger partial charge is 0.440 e. The first-order valence-corrected chi connectivity index (χ1v) is 6.26. The monoisotopic (exact) mass is 336 g/mol. The van der Waals surface area contributed by atoms with Crippen LogP contribution in [-0.4, -0.2) is 9.38 Å². The van der Waals surface area contributed by atoms with Crippen molar-refractivity contribution in [1.29, 1.82) is 0 Å². The van der Waals surface area contributed by atoms with Crippen molar-refractivity contribution in [3.8, 4) is 11.6 Å². The van der Waals surface area contributed by atoms with Gasteiger partial charge in [-0.1, -0.05) is 12.1 Å². The summed E-state index contributed by atoms with van der Waals surface area (Å²) in [6, 6.07) is 13.8. The fourth-order valence-corrected chi connectivity index (χ4v) is 2.17. The summed E-state index contributed by atoms with van der Waals surface area (Å²) in [4.78, 5) is 4.22. The molecular weight excluding hydrogens is 327 g/mol. The number of pyridine rings is 1. The summed E-state index contributed by atoms with van der Waals surface area (Å²) < 4.78 is 8.92. The van der Waals surface area contributed by atoms with Crippen LogP contribution in [0.5, 0.6) is 11.6 Å². The Hall–Kier alpha value is -1.56. The van der Waals surface area contributed by atoms with Crippen molar-refractivity contribution in [2.45, 2.75) is 0 Å². The first-order valence-electron chi connectivity index (χ1n) is 5.18. The van der Waals surface area contributed by atoms with E-state index in [1.54, 1.807) is 6.20 Å². The first-order chi connectivity index (χ1) is 8.33. The number of rotatable bonds is 2. The van der Waals surface area contributed by atoms with Crippen molar-refractivity contribution in [3.63, 3.8) is 0 Å². The molecule has 0 saturated heterocycles. The average molecular weight is 336 g/mol. The van der Waals surface area contributed by atoms with Gasteiger partial charge in [0.15, 0.2) is 0 Å². The third-order valence-electron chi connectivity index (χ3n) is 2.41. The molecule has 0 saturated carbocycles. The second-order valence-electron chi connectivity index (χ2n) is 3.58. The van der Waals surface area contributed by atoms with Gasteiger partial charge >= 0.3 is 0 Å². The molecule has 0 unspecified atom stereocenters. The number of aromatic nitrogens is 2. The standard InChI is InChI=1S/C13H9IN2O/c14-10-3-1-4-11(9-10)17-13-6-2-5-12-15-7-8-16(12)13/h1-9H. The smallest absolute Gasteiger partial charge is 0.205 e. The molecule has 3 aromatic rings. The molecule has 0 radical (unpaired) electrons. The van der Waals surface area contributed by atoms with Crippen molar-refractivity contribution in [2.75, 3.05) is 0 Å². The van der Waals surface area contributed by atoms with Gasteiger partial charge in [0, 0.05) is 16.0 Å². The lowest BCUT2D eigenvalue weighted by Crippen LogP contribution is -1.92. The quantitative estimate of drug-likeness (QED) is 0.667. The maximum absolute atomic E-state index is 5.85. The van der Waals surface area contributed by atoms with Crippen LogP contribution in [0.25, 0.3) is 5.65 Å².